The highest BCUT2D eigenvalue weighted by Crippen LogP contribution is 2.30. The summed E-state index contributed by atoms with van der Waals surface area (Å²) < 4.78 is 2.06. The Hall–Kier alpha value is -2.10. The molecule has 0 spiro atoms. The van der Waals surface area contributed by atoms with Crippen molar-refractivity contribution in [3.63, 3.8) is 0 Å². The fraction of sp³-hybridized carbons (Fsp3) is 0.375. The van der Waals surface area contributed by atoms with Crippen LogP contribution < -0.4 is 0 Å². The van der Waals surface area contributed by atoms with Crippen LogP contribution >= 0.6 is 0 Å². The highest BCUT2D eigenvalue weighted by atomic mass is 16.4. The van der Waals surface area contributed by atoms with Gasteiger partial charge in [-0.05, 0) is 30.0 Å². The van der Waals surface area contributed by atoms with Crippen molar-refractivity contribution < 1.29 is 14.7 Å². The summed E-state index contributed by atoms with van der Waals surface area (Å²) in [4.78, 5) is 22.5. The van der Waals surface area contributed by atoms with Gasteiger partial charge in [-0.25, -0.2) is 4.79 Å². The maximum atomic E-state index is 11.3. The van der Waals surface area contributed by atoms with Gasteiger partial charge < -0.3 is 9.67 Å². The Kier molecular flexibility index (Phi) is 3.93. The van der Waals surface area contributed by atoms with Crippen molar-refractivity contribution in [2.75, 3.05) is 0 Å². The molecule has 2 rings (SSSR count). The smallest absolute Gasteiger partial charge is 0.335 e. The molecule has 4 nitrogen and oxygen atoms in total. The first-order valence-electron chi connectivity index (χ1n) is 6.84. The minimum Gasteiger partial charge on any atom is -0.478 e. The molecule has 2 aromatic rings. The summed E-state index contributed by atoms with van der Waals surface area (Å²) in [5.74, 6) is -0.768. The number of aldehydes is 1. The summed E-state index contributed by atoms with van der Waals surface area (Å²) in [7, 11) is 0. The number of aryl methyl sites for hydroxylation is 1. The van der Waals surface area contributed by atoms with Crippen LogP contribution in [0.3, 0.4) is 0 Å². The van der Waals surface area contributed by atoms with Gasteiger partial charge in [-0.2, -0.15) is 0 Å². The van der Waals surface area contributed by atoms with Gasteiger partial charge in [-0.15, -0.1) is 0 Å². The Morgan fingerprint density at radius 2 is 2.10 bits per heavy atom. The molecule has 106 valence electrons. The average Bonchev–Trinajstić information content (AvgIpc) is 2.76. The van der Waals surface area contributed by atoms with Crippen LogP contribution in [0.5, 0.6) is 0 Å². The van der Waals surface area contributed by atoms with E-state index in [0.29, 0.717) is 5.56 Å². The molecule has 1 N–H and O–H groups in total. The Balaban J connectivity index is 2.86. The van der Waals surface area contributed by atoms with Crippen LogP contribution in [0.4, 0.5) is 0 Å². The van der Waals surface area contributed by atoms with E-state index in [1.807, 2.05) is 20.0 Å². The number of fused-ring (bicyclic) bond motifs is 1. The van der Waals surface area contributed by atoms with Crippen molar-refractivity contribution in [1.82, 2.24) is 4.57 Å². The van der Waals surface area contributed by atoms with Crippen molar-refractivity contribution in [2.24, 2.45) is 0 Å². The molecule has 0 radical (unpaired) electrons. The number of hydrogen-bond acceptors (Lipinski definition) is 2. The van der Waals surface area contributed by atoms with Gasteiger partial charge in [0.15, 0.2) is 6.29 Å². The van der Waals surface area contributed by atoms with Crippen LogP contribution in [0.15, 0.2) is 18.3 Å². The van der Waals surface area contributed by atoms with Gasteiger partial charge >= 0.3 is 5.97 Å². The van der Waals surface area contributed by atoms with Gasteiger partial charge in [0.25, 0.3) is 0 Å². The number of carboxylic acids is 1. The Morgan fingerprint density at radius 3 is 2.60 bits per heavy atom. The van der Waals surface area contributed by atoms with Crippen molar-refractivity contribution >= 4 is 23.2 Å². The number of carboxylic acid groups (broad SMARTS) is 1. The predicted octanol–water partition coefficient (Wildman–Crippen LogP) is 3.69. The molecule has 0 bridgehead atoms. The van der Waals surface area contributed by atoms with Gasteiger partial charge in [-0.1, -0.05) is 20.8 Å². The standard InChI is InChI=1S/C16H19NO3/c1-4-5-17-8-12(9-18)14-7-11(16(19)20)6-13(10(2)3)15(14)17/h6-10H,4-5H2,1-3H3,(H,19,20). The molecule has 0 aliphatic heterocycles. The van der Waals surface area contributed by atoms with Crippen LogP contribution in [0.25, 0.3) is 10.9 Å². The lowest BCUT2D eigenvalue weighted by Gasteiger charge is -2.13. The Labute approximate surface area is 118 Å². The lowest BCUT2D eigenvalue weighted by molar-refractivity contribution is 0.0696. The van der Waals surface area contributed by atoms with E-state index >= 15 is 0 Å². The van der Waals surface area contributed by atoms with E-state index in [2.05, 4.69) is 11.5 Å². The molecular weight excluding hydrogens is 254 g/mol. The molecule has 20 heavy (non-hydrogen) atoms. The summed E-state index contributed by atoms with van der Waals surface area (Å²) in [5.41, 5.74) is 2.74. The number of carbonyl (C=O) groups excluding carboxylic acids is 1. The summed E-state index contributed by atoms with van der Waals surface area (Å²) in [6.45, 7) is 6.96. The van der Waals surface area contributed by atoms with Crippen molar-refractivity contribution in [3.05, 3.63) is 35.0 Å². The molecule has 1 aromatic carbocycles. The van der Waals surface area contributed by atoms with Crippen LogP contribution in [0, 0.1) is 0 Å². The zero-order chi connectivity index (χ0) is 14.9. The number of nitrogens with zero attached hydrogens (tertiary/aromatic N) is 1. The van der Waals surface area contributed by atoms with Crippen LogP contribution in [-0.4, -0.2) is 21.9 Å². The Morgan fingerprint density at radius 1 is 1.40 bits per heavy atom. The van der Waals surface area contributed by atoms with E-state index in [1.165, 1.54) is 0 Å². The highest BCUT2D eigenvalue weighted by Gasteiger charge is 2.17. The first-order chi connectivity index (χ1) is 9.49. The molecule has 1 aromatic heterocycles. The summed E-state index contributed by atoms with van der Waals surface area (Å²) in [6.07, 6.45) is 3.57. The molecule has 0 atom stereocenters. The molecular formula is C16H19NO3. The lowest BCUT2D eigenvalue weighted by Crippen LogP contribution is -2.03. The third kappa shape index (κ3) is 2.33. The molecule has 0 saturated carbocycles. The minimum atomic E-state index is -0.964. The molecule has 0 fully saturated rings. The number of benzene rings is 1. The van der Waals surface area contributed by atoms with E-state index in [9.17, 15) is 14.7 Å². The Bertz CT molecular complexity index is 668. The number of aromatic carboxylic acids is 1. The number of rotatable bonds is 5. The summed E-state index contributed by atoms with van der Waals surface area (Å²) in [5, 5.41) is 9.96. The molecule has 0 unspecified atom stereocenters. The lowest BCUT2D eigenvalue weighted by atomic mass is 9.96. The maximum absolute atomic E-state index is 11.3. The number of hydrogen-bond donors (Lipinski definition) is 1. The van der Waals surface area contributed by atoms with E-state index in [4.69, 9.17) is 0 Å². The molecule has 0 aliphatic rings. The first-order valence-corrected chi connectivity index (χ1v) is 6.84. The van der Waals surface area contributed by atoms with E-state index < -0.39 is 5.97 Å². The third-order valence-electron chi connectivity index (χ3n) is 3.49. The summed E-state index contributed by atoms with van der Waals surface area (Å²) in [6, 6.07) is 3.31. The van der Waals surface area contributed by atoms with Gasteiger partial charge in [0, 0.05) is 23.7 Å². The summed E-state index contributed by atoms with van der Waals surface area (Å²) >= 11 is 0. The van der Waals surface area contributed by atoms with Crippen molar-refractivity contribution in [3.8, 4) is 0 Å². The molecule has 0 aliphatic carbocycles. The molecule has 1 heterocycles. The fourth-order valence-electron chi connectivity index (χ4n) is 2.57. The second-order valence-corrected chi connectivity index (χ2v) is 5.32. The van der Waals surface area contributed by atoms with Crippen LogP contribution in [0.2, 0.25) is 0 Å². The first kappa shape index (κ1) is 14.3. The average molecular weight is 273 g/mol. The third-order valence-corrected chi connectivity index (χ3v) is 3.49. The van der Waals surface area contributed by atoms with Crippen molar-refractivity contribution in [1.29, 1.82) is 0 Å². The molecule has 0 saturated heterocycles. The van der Waals surface area contributed by atoms with Crippen LogP contribution in [-0.2, 0) is 6.54 Å². The molecule has 4 heteroatoms. The van der Waals surface area contributed by atoms with Crippen LogP contribution in [0.1, 0.15) is 59.4 Å². The predicted molar refractivity (Wildman–Crippen MR) is 78.7 cm³/mol. The highest BCUT2D eigenvalue weighted by molar-refractivity contribution is 6.03. The largest absolute Gasteiger partial charge is 0.478 e. The second-order valence-electron chi connectivity index (χ2n) is 5.32. The number of carbonyl (C=O) groups is 2. The zero-order valence-electron chi connectivity index (χ0n) is 12.0. The van der Waals surface area contributed by atoms with Crippen molar-refractivity contribution in [2.45, 2.75) is 39.7 Å². The second kappa shape index (κ2) is 5.49. The quantitative estimate of drug-likeness (QED) is 0.845. The van der Waals surface area contributed by atoms with Gasteiger partial charge in [0.05, 0.1) is 11.1 Å². The minimum absolute atomic E-state index is 0.196. The zero-order valence-corrected chi connectivity index (χ0v) is 12.0. The van der Waals surface area contributed by atoms with Gasteiger partial charge in [0.2, 0.25) is 0 Å². The fourth-order valence-corrected chi connectivity index (χ4v) is 2.57. The normalized spacial score (nSPS) is 11.2. The van der Waals surface area contributed by atoms with E-state index in [0.717, 1.165) is 35.7 Å². The SMILES string of the molecule is CCCn1cc(C=O)c2cc(C(=O)O)cc(C(C)C)c21. The van der Waals surface area contributed by atoms with E-state index in [-0.39, 0.29) is 11.5 Å². The maximum Gasteiger partial charge on any atom is 0.335 e. The monoisotopic (exact) mass is 273 g/mol. The topological polar surface area (TPSA) is 59.3 Å². The van der Waals surface area contributed by atoms with E-state index in [1.54, 1.807) is 12.1 Å². The molecule has 0 amide bonds. The van der Waals surface area contributed by atoms with Gasteiger partial charge in [0.1, 0.15) is 0 Å². The number of aromatic nitrogens is 1. The van der Waals surface area contributed by atoms with Gasteiger partial charge in [-0.3, -0.25) is 4.79 Å².